The van der Waals surface area contributed by atoms with Crippen LogP contribution in [0.25, 0.3) is 76.8 Å². The van der Waals surface area contributed by atoms with Crippen molar-refractivity contribution < 1.29 is 0 Å². The minimum Gasteiger partial charge on any atom is -0.0622 e. The normalized spacial score (nSPS) is 13.5. The van der Waals surface area contributed by atoms with Crippen LogP contribution in [0.1, 0.15) is 25.0 Å². The topological polar surface area (TPSA) is 0 Å². The SMILES string of the molecule is CC1(C)c2cc(-c3ccccc3)ccc2-c2ccc(-c3cccc(-c4ccc5ccc6cccc7ccc4c5c67)c3)cc21. The van der Waals surface area contributed by atoms with E-state index >= 15 is 0 Å². The molecular formula is C43H30. The van der Waals surface area contributed by atoms with E-state index in [2.05, 4.69) is 159 Å². The third-order valence-corrected chi connectivity index (χ3v) is 9.82. The van der Waals surface area contributed by atoms with Gasteiger partial charge in [0, 0.05) is 5.41 Å². The van der Waals surface area contributed by atoms with Crippen molar-refractivity contribution in [1.29, 1.82) is 0 Å². The largest absolute Gasteiger partial charge is 0.0622 e. The van der Waals surface area contributed by atoms with Gasteiger partial charge in [-0.25, -0.2) is 0 Å². The van der Waals surface area contributed by atoms with E-state index in [1.54, 1.807) is 0 Å². The van der Waals surface area contributed by atoms with E-state index in [0.717, 1.165) is 0 Å². The molecule has 0 N–H and O–H groups in total. The Balaban J connectivity index is 1.15. The maximum Gasteiger partial charge on any atom is 0.0159 e. The lowest BCUT2D eigenvalue weighted by molar-refractivity contribution is 0.661. The minimum atomic E-state index is -0.0743. The van der Waals surface area contributed by atoms with E-state index in [1.165, 1.54) is 88.0 Å². The number of rotatable bonds is 3. The highest BCUT2D eigenvalue weighted by Crippen LogP contribution is 2.51. The second kappa shape index (κ2) is 8.90. The summed E-state index contributed by atoms with van der Waals surface area (Å²) in [5, 5.41) is 7.96. The van der Waals surface area contributed by atoms with Crippen molar-refractivity contribution in [1.82, 2.24) is 0 Å². The van der Waals surface area contributed by atoms with Crippen molar-refractivity contribution in [2.45, 2.75) is 19.3 Å². The van der Waals surface area contributed by atoms with Gasteiger partial charge in [-0.1, -0.05) is 141 Å². The van der Waals surface area contributed by atoms with Crippen LogP contribution < -0.4 is 0 Å². The van der Waals surface area contributed by atoms with E-state index < -0.39 is 0 Å². The quantitative estimate of drug-likeness (QED) is 0.193. The molecule has 0 saturated carbocycles. The smallest absolute Gasteiger partial charge is 0.0159 e. The summed E-state index contributed by atoms with van der Waals surface area (Å²) >= 11 is 0. The second-order valence-corrected chi connectivity index (χ2v) is 12.6. The molecule has 43 heavy (non-hydrogen) atoms. The van der Waals surface area contributed by atoms with E-state index in [0.29, 0.717) is 0 Å². The molecule has 0 aromatic heterocycles. The van der Waals surface area contributed by atoms with Crippen LogP contribution in [-0.2, 0) is 5.41 Å². The molecule has 1 aliphatic rings. The van der Waals surface area contributed by atoms with Crippen molar-refractivity contribution in [3.05, 3.63) is 157 Å². The molecule has 0 unspecified atom stereocenters. The molecular weight excluding hydrogens is 516 g/mol. The van der Waals surface area contributed by atoms with Crippen LogP contribution in [0.5, 0.6) is 0 Å². The monoisotopic (exact) mass is 546 g/mol. The molecule has 0 bridgehead atoms. The fourth-order valence-corrected chi connectivity index (χ4v) is 7.58. The molecule has 202 valence electrons. The van der Waals surface area contributed by atoms with Gasteiger partial charge >= 0.3 is 0 Å². The highest BCUT2D eigenvalue weighted by atomic mass is 14.4. The van der Waals surface area contributed by atoms with Crippen LogP contribution in [0.3, 0.4) is 0 Å². The molecule has 8 aromatic rings. The molecule has 0 aliphatic heterocycles. The summed E-state index contributed by atoms with van der Waals surface area (Å²) in [4.78, 5) is 0. The molecule has 0 nitrogen and oxygen atoms in total. The van der Waals surface area contributed by atoms with Crippen LogP contribution in [0.2, 0.25) is 0 Å². The molecule has 0 fully saturated rings. The van der Waals surface area contributed by atoms with Crippen LogP contribution in [-0.4, -0.2) is 0 Å². The predicted octanol–water partition coefficient (Wildman–Crippen LogP) is 11.9. The van der Waals surface area contributed by atoms with Gasteiger partial charge in [0.15, 0.2) is 0 Å². The molecule has 0 radical (unpaired) electrons. The van der Waals surface area contributed by atoms with Gasteiger partial charge in [0.1, 0.15) is 0 Å². The Bertz CT molecular complexity index is 2340. The van der Waals surface area contributed by atoms with Gasteiger partial charge < -0.3 is 0 Å². The third-order valence-electron chi connectivity index (χ3n) is 9.82. The van der Waals surface area contributed by atoms with Crippen molar-refractivity contribution in [3.63, 3.8) is 0 Å². The Morgan fingerprint density at radius 3 is 1.58 bits per heavy atom. The van der Waals surface area contributed by atoms with Gasteiger partial charge in [0.05, 0.1) is 0 Å². The minimum absolute atomic E-state index is 0.0743. The van der Waals surface area contributed by atoms with E-state index in [-0.39, 0.29) is 5.41 Å². The lowest BCUT2D eigenvalue weighted by Crippen LogP contribution is -2.15. The van der Waals surface area contributed by atoms with Gasteiger partial charge in [-0.05, 0) is 106 Å². The maximum atomic E-state index is 2.43. The van der Waals surface area contributed by atoms with Gasteiger partial charge in [0.25, 0.3) is 0 Å². The molecule has 0 heterocycles. The summed E-state index contributed by atoms with van der Waals surface area (Å²) in [7, 11) is 0. The zero-order valence-electron chi connectivity index (χ0n) is 24.4. The van der Waals surface area contributed by atoms with Crippen molar-refractivity contribution >= 4 is 32.3 Å². The summed E-state index contributed by atoms with van der Waals surface area (Å²) < 4.78 is 0. The van der Waals surface area contributed by atoms with Crippen molar-refractivity contribution in [2.75, 3.05) is 0 Å². The highest BCUT2D eigenvalue weighted by molar-refractivity contribution is 6.25. The number of hydrogen-bond acceptors (Lipinski definition) is 0. The summed E-state index contributed by atoms with van der Waals surface area (Å²) in [6.45, 7) is 4.74. The first-order chi connectivity index (χ1) is 21.1. The lowest BCUT2D eigenvalue weighted by Gasteiger charge is -2.22. The summed E-state index contributed by atoms with van der Waals surface area (Å²) in [6.07, 6.45) is 0. The molecule has 0 atom stereocenters. The molecule has 9 rings (SSSR count). The zero-order chi connectivity index (χ0) is 28.7. The van der Waals surface area contributed by atoms with E-state index in [9.17, 15) is 0 Å². The fraction of sp³-hybridized carbons (Fsp3) is 0.0698. The first-order valence-corrected chi connectivity index (χ1v) is 15.2. The fourth-order valence-electron chi connectivity index (χ4n) is 7.58. The van der Waals surface area contributed by atoms with Gasteiger partial charge in [-0.3, -0.25) is 0 Å². The highest BCUT2D eigenvalue weighted by Gasteiger charge is 2.35. The molecule has 8 aromatic carbocycles. The summed E-state index contributed by atoms with van der Waals surface area (Å²) in [5.41, 5.74) is 13.0. The molecule has 0 amide bonds. The Morgan fingerprint density at radius 1 is 0.349 bits per heavy atom. The second-order valence-electron chi connectivity index (χ2n) is 12.6. The average molecular weight is 547 g/mol. The average Bonchev–Trinajstić information content (AvgIpc) is 3.29. The van der Waals surface area contributed by atoms with Gasteiger partial charge in [-0.15, -0.1) is 0 Å². The maximum absolute atomic E-state index is 2.43. The molecule has 0 heteroatoms. The lowest BCUT2D eigenvalue weighted by atomic mass is 9.80. The number of fused-ring (bicyclic) bond motifs is 3. The van der Waals surface area contributed by atoms with Gasteiger partial charge in [0.2, 0.25) is 0 Å². The van der Waals surface area contributed by atoms with Crippen molar-refractivity contribution in [2.24, 2.45) is 0 Å². The van der Waals surface area contributed by atoms with E-state index in [4.69, 9.17) is 0 Å². The summed E-state index contributed by atoms with van der Waals surface area (Å²) in [5.74, 6) is 0. The molecule has 0 spiro atoms. The molecule has 1 aliphatic carbocycles. The van der Waals surface area contributed by atoms with Crippen LogP contribution in [0.15, 0.2) is 146 Å². The first-order valence-electron chi connectivity index (χ1n) is 15.2. The zero-order valence-corrected chi connectivity index (χ0v) is 24.4. The number of hydrogen-bond donors (Lipinski definition) is 0. The Morgan fingerprint density at radius 2 is 0.860 bits per heavy atom. The van der Waals surface area contributed by atoms with Gasteiger partial charge in [-0.2, -0.15) is 0 Å². The Hall–Kier alpha value is -5.20. The van der Waals surface area contributed by atoms with Crippen molar-refractivity contribution in [3.8, 4) is 44.5 Å². The van der Waals surface area contributed by atoms with Crippen LogP contribution in [0.4, 0.5) is 0 Å². The summed E-state index contributed by atoms with van der Waals surface area (Å²) in [6, 6.07) is 54.2. The predicted molar refractivity (Wildman–Crippen MR) is 184 cm³/mol. The molecule has 0 saturated heterocycles. The third kappa shape index (κ3) is 3.57. The Labute approximate surface area is 252 Å². The van der Waals surface area contributed by atoms with E-state index in [1.807, 2.05) is 0 Å². The Kier molecular flexibility index (Phi) is 5.05. The van der Waals surface area contributed by atoms with Crippen LogP contribution >= 0.6 is 0 Å². The van der Waals surface area contributed by atoms with Crippen LogP contribution in [0, 0.1) is 0 Å². The first kappa shape index (κ1) is 24.4. The number of benzene rings is 8. The standard InChI is InChI=1S/C43H30/c1-43(2)39-25-32(27-8-4-3-5-9-27)18-21-36(39)37-22-19-33(26-40(37)43)31-12-7-13-34(24-31)35-20-16-30-15-14-28-10-6-11-29-17-23-38(35)42(30)41(28)29/h3-26H,1-2H3.